The van der Waals surface area contributed by atoms with Crippen LogP contribution in [-0.2, 0) is 4.79 Å². The van der Waals surface area contributed by atoms with Gasteiger partial charge in [0.05, 0.1) is 0 Å². The lowest BCUT2D eigenvalue weighted by atomic mass is 10.4. The summed E-state index contributed by atoms with van der Waals surface area (Å²) >= 11 is 0. The predicted octanol–water partition coefficient (Wildman–Crippen LogP) is -0.472. The SMILES string of the molecule is C/C=C1/C(=O)N=C(N)N1C#N. The lowest BCUT2D eigenvalue weighted by Gasteiger charge is -2.04. The van der Waals surface area contributed by atoms with E-state index in [4.69, 9.17) is 11.0 Å². The smallest absolute Gasteiger partial charge is 0.297 e. The number of amides is 1. The maximum atomic E-state index is 10.9. The van der Waals surface area contributed by atoms with E-state index in [1.807, 2.05) is 0 Å². The average Bonchev–Trinajstić information content (AvgIpc) is 2.24. The second kappa shape index (κ2) is 2.42. The molecule has 2 N–H and O–H groups in total. The molecule has 1 aliphatic heterocycles. The van der Waals surface area contributed by atoms with Crippen molar-refractivity contribution in [3.63, 3.8) is 0 Å². The van der Waals surface area contributed by atoms with Crippen LogP contribution in [-0.4, -0.2) is 16.8 Å². The number of rotatable bonds is 0. The topological polar surface area (TPSA) is 82.5 Å². The highest BCUT2D eigenvalue weighted by molar-refractivity contribution is 6.10. The van der Waals surface area contributed by atoms with Gasteiger partial charge in [-0.15, -0.1) is 0 Å². The summed E-state index contributed by atoms with van der Waals surface area (Å²) in [5.74, 6) is -0.530. The van der Waals surface area contributed by atoms with Crippen molar-refractivity contribution in [2.24, 2.45) is 10.7 Å². The second-order valence-corrected chi connectivity index (χ2v) is 1.88. The molecule has 0 radical (unpaired) electrons. The molecule has 0 aromatic heterocycles. The Kier molecular flexibility index (Phi) is 1.60. The molecule has 0 bridgehead atoms. The van der Waals surface area contributed by atoms with Gasteiger partial charge in [-0.25, -0.2) is 4.90 Å². The van der Waals surface area contributed by atoms with E-state index in [1.54, 1.807) is 13.1 Å². The number of aliphatic imine (C=N–C) groups is 1. The van der Waals surface area contributed by atoms with Crippen LogP contribution in [0.3, 0.4) is 0 Å². The number of carbonyl (C=O) groups excluding carboxylic acids is 1. The molecule has 0 spiro atoms. The number of carbonyl (C=O) groups is 1. The molecule has 5 heteroatoms. The van der Waals surface area contributed by atoms with E-state index in [0.717, 1.165) is 4.90 Å². The van der Waals surface area contributed by atoms with Crippen LogP contribution in [0.15, 0.2) is 16.8 Å². The Morgan fingerprint density at radius 2 is 2.45 bits per heavy atom. The Hall–Kier alpha value is -1.83. The van der Waals surface area contributed by atoms with Crippen molar-refractivity contribution >= 4 is 11.9 Å². The van der Waals surface area contributed by atoms with E-state index in [2.05, 4.69) is 4.99 Å². The fourth-order valence-corrected chi connectivity index (χ4v) is 0.788. The molecule has 0 unspecified atom stereocenters. The van der Waals surface area contributed by atoms with Gasteiger partial charge in [-0.05, 0) is 6.92 Å². The monoisotopic (exact) mass is 150 g/mol. The fraction of sp³-hybridized carbons (Fsp3) is 0.167. The number of nitrogens with zero attached hydrogens (tertiary/aromatic N) is 3. The van der Waals surface area contributed by atoms with Gasteiger partial charge in [0.2, 0.25) is 5.96 Å². The number of nitriles is 1. The molecule has 1 heterocycles. The normalized spacial score (nSPS) is 20.4. The van der Waals surface area contributed by atoms with Crippen molar-refractivity contribution in [1.82, 2.24) is 4.90 Å². The fourth-order valence-electron chi connectivity index (χ4n) is 0.788. The van der Waals surface area contributed by atoms with E-state index >= 15 is 0 Å². The number of hydrogen-bond donors (Lipinski definition) is 1. The summed E-state index contributed by atoms with van der Waals surface area (Å²) in [6.07, 6.45) is 3.23. The Bertz CT molecular complexity index is 296. The van der Waals surface area contributed by atoms with E-state index in [9.17, 15) is 4.79 Å². The van der Waals surface area contributed by atoms with Gasteiger partial charge in [-0.2, -0.15) is 10.3 Å². The van der Waals surface area contributed by atoms with Gasteiger partial charge in [-0.3, -0.25) is 4.79 Å². The predicted molar refractivity (Wildman–Crippen MR) is 37.8 cm³/mol. The maximum absolute atomic E-state index is 10.9. The molecule has 0 saturated heterocycles. The third-order valence-electron chi connectivity index (χ3n) is 1.28. The van der Waals surface area contributed by atoms with Gasteiger partial charge in [0, 0.05) is 0 Å². The van der Waals surface area contributed by atoms with Gasteiger partial charge in [0.15, 0.2) is 6.19 Å². The first kappa shape index (κ1) is 7.28. The highest BCUT2D eigenvalue weighted by Gasteiger charge is 2.26. The summed E-state index contributed by atoms with van der Waals surface area (Å²) in [6.45, 7) is 1.64. The minimum Gasteiger partial charge on any atom is -0.368 e. The maximum Gasteiger partial charge on any atom is 0.297 e. The Morgan fingerprint density at radius 1 is 1.82 bits per heavy atom. The van der Waals surface area contributed by atoms with E-state index in [0.29, 0.717) is 0 Å². The Labute approximate surface area is 63.4 Å². The number of hydrogen-bond acceptors (Lipinski definition) is 4. The molecule has 1 rings (SSSR count). The third kappa shape index (κ3) is 0.942. The molecule has 1 amide bonds. The van der Waals surface area contributed by atoms with Crippen molar-refractivity contribution in [2.75, 3.05) is 0 Å². The van der Waals surface area contributed by atoms with Crippen LogP contribution in [0.4, 0.5) is 0 Å². The summed E-state index contributed by atoms with van der Waals surface area (Å²) in [7, 11) is 0. The molecule has 56 valence electrons. The van der Waals surface area contributed by atoms with E-state index < -0.39 is 5.91 Å². The van der Waals surface area contributed by atoms with E-state index in [-0.39, 0.29) is 11.7 Å². The quantitative estimate of drug-likeness (QED) is 0.373. The van der Waals surface area contributed by atoms with Crippen molar-refractivity contribution in [3.8, 4) is 6.19 Å². The molecule has 0 aromatic rings. The summed E-state index contributed by atoms with van der Waals surface area (Å²) in [6, 6.07) is 0. The number of nitrogens with two attached hydrogens (primary N) is 1. The molecule has 0 aliphatic carbocycles. The Balaban J connectivity index is 3.07. The third-order valence-corrected chi connectivity index (χ3v) is 1.28. The highest BCUT2D eigenvalue weighted by Crippen LogP contribution is 2.11. The molecule has 1 aliphatic rings. The first-order valence-electron chi connectivity index (χ1n) is 2.95. The zero-order chi connectivity index (χ0) is 8.43. The molecular weight excluding hydrogens is 144 g/mol. The van der Waals surface area contributed by atoms with Crippen molar-refractivity contribution in [3.05, 3.63) is 11.8 Å². The minimum absolute atomic E-state index is 0.0643. The Morgan fingerprint density at radius 3 is 2.82 bits per heavy atom. The van der Waals surface area contributed by atoms with Crippen molar-refractivity contribution in [2.45, 2.75) is 6.92 Å². The number of allylic oxidation sites excluding steroid dienone is 1. The molecule has 0 saturated carbocycles. The van der Waals surface area contributed by atoms with Crippen molar-refractivity contribution < 1.29 is 4.79 Å². The second-order valence-electron chi connectivity index (χ2n) is 1.88. The van der Waals surface area contributed by atoms with Crippen LogP contribution in [0, 0.1) is 11.5 Å². The summed E-state index contributed by atoms with van der Waals surface area (Å²) in [4.78, 5) is 15.2. The van der Waals surface area contributed by atoms with Gasteiger partial charge < -0.3 is 5.73 Å². The summed E-state index contributed by atoms with van der Waals surface area (Å²) < 4.78 is 0. The number of guanidine groups is 1. The van der Waals surface area contributed by atoms with Crippen LogP contribution >= 0.6 is 0 Å². The first-order valence-corrected chi connectivity index (χ1v) is 2.95. The standard InChI is InChI=1S/C6H6N4O/c1-2-4-5(11)9-6(8)10(4)3-7/h2H,1H3,(H2,8,9,11)/b4-2-. The van der Waals surface area contributed by atoms with Crippen LogP contribution in [0.5, 0.6) is 0 Å². The summed E-state index contributed by atoms with van der Waals surface area (Å²) in [5.41, 5.74) is 5.45. The van der Waals surface area contributed by atoms with Gasteiger partial charge in [0.25, 0.3) is 5.91 Å². The van der Waals surface area contributed by atoms with Crippen molar-refractivity contribution in [1.29, 1.82) is 5.26 Å². The first-order chi connectivity index (χ1) is 5.20. The zero-order valence-electron chi connectivity index (χ0n) is 5.90. The van der Waals surface area contributed by atoms with Gasteiger partial charge in [-0.1, -0.05) is 6.08 Å². The van der Waals surface area contributed by atoms with Crippen LogP contribution < -0.4 is 5.73 Å². The summed E-state index contributed by atoms with van der Waals surface area (Å²) in [5, 5.41) is 8.48. The molecule has 0 atom stereocenters. The molecule has 0 aromatic carbocycles. The molecular formula is C6H6N4O. The lowest BCUT2D eigenvalue weighted by molar-refractivity contribution is -0.114. The van der Waals surface area contributed by atoms with E-state index in [1.165, 1.54) is 6.08 Å². The molecule has 5 nitrogen and oxygen atoms in total. The van der Waals surface area contributed by atoms with Crippen LogP contribution in [0.2, 0.25) is 0 Å². The van der Waals surface area contributed by atoms with Gasteiger partial charge in [0.1, 0.15) is 5.70 Å². The minimum atomic E-state index is -0.466. The molecule has 0 fully saturated rings. The van der Waals surface area contributed by atoms with Crippen LogP contribution in [0.1, 0.15) is 6.92 Å². The van der Waals surface area contributed by atoms with Crippen LogP contribution in [0.25, 0.3) is 0 Å². The zero-order valence-corrected chi connectivity index (χ0v) is 5.90. The lowest BCUT2D eigenvalue weighted by Crippen LogP contribution is -2.28. The van der Waals surface area contributed by atoms with Gasteiger partial charge >= 0.3 is 0 Å². The average molecular weight is 150 g/mol. The largest absolute Gasteiger partial charge is 0.368 e. The molecule has 11 heavy (non-hydrogen) atoms. The highest BCUT2D eigenvalue weighted by atomic mass is 16.2.